The molecule has 0 spiro atoms. The lowest BCUT2D eigenvalue weighted by atomic mass is 9.66. The molecule has 1 nitrogen and oxygen atoms in total. The molecule has 0 saturated carbocycles. The van der Waals surface area contributed by atoms with E-state index in [1.807, 2.05) is 0 Å². The van der Waals surface area contributed by atoms with E-state index in [0.29, 0.717) is 23.8 Å². The second-order valence-corrected chi connectivity index (χ2v) is 9.21. The lowest BCUT2D eigenvalue weighted by Gasteiger charge is -2.47. The van der Waals surface area contributed by atoms with Crippen LogP contribution in [0.5, 0.6) is 0 Å². The molecule has 2 aromatic carbocycles. The van der Waals surface area contributed by atoms with Crippen molar-refractivity contribution in [3.8, 4) is 0 Å². The zero-order valence-electron chi connectivity index (χ0n) is 13.4. The summed E-state index contributed by atoms with van der Waals surface area (Å²) in [6.07, 6.45) is 11.8. The maximum absolute atomic E-state index is 3.85. The van der Waals surface area contributed by atoms with Crippen LogP contribution in [0.15, 0.2) is 71.3 Å². The van der Waals surface area contributed by atoms with Gasteiger partial charge in [-0.25, -0.2) is 0 Å². The summed E-state index contributed by atoms with van der Waals surface area (Å²) in [5.74, 6) is 1.48. The van der Waals surface area contributed by atoms with Gasteiger partial charge in [0, 0.05) is 42.6 Å². The predicted molar refractivity (Wildman–Crippen MR) is 115 cm³/mol. The number of rotatable bonds is 0. The third-order valence-corrected chi connectivity index (χ3v) is 7.68. The van der Waals surface area contributed by atoms with Gasteiger partial charge in [0.2, 0.25) is 0 Å². The van der Waals surface area contributed by atoms with Gasteiger partial charge in [-0.1, -0.05) is 64.5 Å². The molecule has 0 N–H and O–H groups in total. The van der Waals surface area contributed by atoms with Crippen LogP contribution in [-0.2, 0) is 0 Å². The third-order valence-electron chi connectivity index (χ3n) is 6.12. The van der Waals surface area contributed by atoms with Crippen LogP contribution in [0.1, 0.15) is 17.0 Å². The fraction of sp³-hybridized carbons (Fsp3) is 0.182. The van der Waals surface area contributed by atoms with E-state index < -0.39 is 0 Å². The van der Waals surface area contributed by atoms with E-state index in [-0.39, 0.29) is 0 Å². The minimum atomic E-state index is 0.448. The zero-order valence-corrected chi connectivity index (χ0v) is 17.1. The van der Waals surface area contributed by atoms with Crippen LogP contribution < -0.4 is 4.90 Å². The van der Waals surface area contributed by atoms with E-state index in [1.54, 1.807) is 0 Å². The maximum atomic E-state index is 3.85. The molecule has 4 unspecified atom stereocenters. The number of para-hydroxylation sites is 1. The Labute approximate surface area is 169 Å². The summed E-state index contributed by atoms with van der Waals surface area (Å²) in [7, 11) is 0. The van der Waals surface area contributed by atoms with Crippen molar-refractivity contribution in [1.29, 1.82) is 0 Å². The number of anilines is 2. The van der Waals surface area contributed by atoms with Crippen molar-refractivity contribution >= 4 is 55.5 Å². The largest absolute Gasteiger partial charge is 0.335 e. The number of halogens is 2. The van der Waals surface area contributed by atoms with Crippen LogP contribution in [-0.4, -0.2) is 6.04 Å². The fourth-order valence-electron chi connectivity index (χ4n) is 5.24. The summed E-state index contributed by atoms with van der Waals surface area (Å²) in [5, 5.41) is 0. The predicted octanol–water partition coefficient (Wildman–Crippen LogP) is 6.43. The standard InChI is InChI=1S/C22H15BrIN/c23-16-10-11-17(24)22-20(16)15-9-8-12-4-3-6-14-13-5-1-2-7-18(13)25(22)21(15)19(12)14/h1-12,15,19,21H. The molecule has 0 saturated heterocycles. The molecule has 25 heavy (non-hydrogen) atoms. The van der Waals surface area contributed by atoms with Gasteiger partial charge in [0.25, 0.3) is 0 Å². The first-order valence-electron chi connectivity index (χ1n) is 8.69. The number of allylic oxidation sites excluding steroid dienone is 4. The summed E-state index contributed by atoms with van der Waals surface area (Å²) in [6.45, 7) is 0. The first-order chi connectivity index (χ1) is 12.3. The van der Waals surface area contributed by atoms with Crippen molar-refractivity contribution in [2.24, 2.45) is 11.8 Å². The average molecular weight is 500 g/mol. The molecule has 6 rings (SSSR count). The highest BCUT2D eigenvalue weighted by molar-refractivity contribution is 14.1. The van der Waals surface area contributed by atoms with Crippen molar-refractivity contribution in [2.45, 2.75) is 12.0 Å². The molecule has 0 fully saturated rings. The quantitative estimate of drug-likeness (QED) is 0.298. The molecule has 0 aromatic heterocycles. The van der Waals surface area contributed by atoms with Gasteiger partial charge in [0.05, 0.1) is 11.7 Å². The Morgan fingerprint density at radius 1 is 1.00 bits per heavy atom. The summed E-state index contributed by atoms with van der Waals surface area (Å²) in [6, 6.07) is 13.9. The molecule has 0 radical (unpaired) electrons. The van der Waals surface area contributed by atoms with Gasteiger partial charge in [-0.05, 0) is 46.4 Å². The molecule has 4 atom stereocenters. The summed E-state index contributed by atoms with van der Waals surface area (Å²) >= 11 is 6.35. The van der Waals surface area contributed by atoms with E-state index >= 15 is 0 Å². The van der Waals surface area contributed by atoms with Gasteiger partial charge in [-0.2, -0.15) is 0 Å². The van der Waals surface area contributed by atoms with Crippen LogP contribution >= 0.6 is 38.5 Å². The van der Waals surface area contributed by atoms with Crippen molar-refractivity contribution < 1.29 is 0 Å². The second kappa shape index (κ2) is 5.10. The van der Waals surface area contributed by atoms with E-state index in [1.165, 1.54) is 36.1 Å². The Kier molecular flexibility index (Phi) is 3.02. The van der Waals surface area contributed by atoms with Crippen molar-refractivity contribution in [3.63, 3.8) is 0 Å². The molecule has 4 aliphatic rings. The smallest absolute Gasteiger partial charge is 0.0600 e. The van der Waals surface area contributed by atoms with Gasteiger partial charge >= 0.3 is 0 Å². The SMILES string of the molecule is Brc1ccc(I)c2c1C1C=CC3C=CC=C4c5ccccc5N2C1C43. The first kappa shape index (κ1) is 14.8. The molecule has 3 heteroatoms. The number of benzene rings is 2. The van der Waals surface area contributed by atoms with Crippen molar-refractivity contribution in [3.05, 3.63) is 85.9 Å². The topological polar surface area (TPSA) is 3.24 Å². The van der Waals surface area contributed by atoms with Crippen LogP contribution in [0.3, 0.4) is 0 Å². The van der Waals surface area contributed by atoms with Gasteiger partial charge in [-0.3, -0.25) is 0 Å². The molecule has 0 amide bonds. The highest BCUT2D eigenvalue weighted by Gasteiger charge is 2.52. The van der Waals surface area contributed by atoms with E-state index in [0.717, 1.165) is 0 Å². The second-order valence-electron chi connectivity index (χ2n) is 7.19. The third kappa shape index (κ3) is 1.78. The van der Waals surface area contributed by atoms with Gasteiger partial charge < -0.3 is 4.90 Å². The van der Waals surface area contributed by atoms with Crippen molar-refractivity contribution in [1.82, 2.24) is 0 Å². The molecule has 122 valence electrons. The Morgan fingerprint density at radius 2 is 1.88 bits per heavy atom. The Hall–Kier alpha value is -1.33. The maximum Gasteiger partial charge on any atom is 0.0600 e. The minimum Gasteiger partial charge on any atom is -0.335 e. The number of hydrogen-bond donors (Lipinski definition) is 0. The molecule has 0 bridgehead atoms. The van der Waals surface area contributed by atoms with Gasteiger partial charge in [0.1, 0.15) is 0 Å². The van der Waals surface area contributed by atoms with Crippen LogP contribution in [0.25, 0.3) is 5.57 Å². The lowest BCUT2D eigenvalue weighted by molar-refractivity contribution is 0.408. The molecular formula is C22H15BrIN. The first-order valence-corrected chi connectivity index (χ1v) is 10.6. The Bertz CT molecular complexity index is 1020. The normalized spacial score (nSPS) is 29.8. The van der Waals surface area contributed by atoms with E-state index in [4.69, 9.17) is 0 Å². The monoisotopic (exact) mass is 499 g/mol. The number of nitrogens with zero attached hydrogens (tertiary/aromatic N) is 1. The average Bonchev–Trinajstić information content (AvgIpc) is 3.01. The lowest BCUT2D eigenvalue weighted by Crippen LogP contribution is -2.46. The van der Waals surface area contributed by atoms with Gasteiger partial charge in [-0.15, -0.1) is 0 Å². The molecule has 2 heterocycles. The summed E-state index contributed by atoms with van der Waals surface area (Å²) < 4.78 is 2.57. The Balaban J connectivity index is 1.74. The molecule has 2 aliphatic carbocycles. The van der Waals surface area contributed by atoms with E-state index in [9.17, 15) is 0 Å². The summed E-state index contributed by atoms with van der Waals surface area (Å²) in [5.41, 5.74) is 7.13. The van der Waals surface area contributed by atoms with Gasteiger partial charge in [0.15, 0.2) is 0 Å². The molecule has 2 aromatic rings. The van der Waals surface area contributed by atoms with Crippen LogP contribution in [0, 0.1) is 15.4 Å². The molecule has 2 aliphatic heterocycles. The fourth-order valence-corrected chi connectivity index (χ4v) is 6.56. The zero-order chi connectivity index (χ0) is 16.7. The Morgan fingerprint density at radius 3 is 2.80 bits per heavy atom. The number of fused-ring (bicyclic) bond motifs is 6. The highest BCUT2D eigenvalue weighted by Crippen LogP contribution is 2.61. The van der Waals surface area contributed by atoms with E-state index in [2.05, 4.69) is 110 Å². The van der Waals surface area contributed by atoms with Crippen LogP contribution in [0.2, 0.25) is 0 Å². The minimum absolute atomic E-state index is 0.448. The van der Waals surface area contributed by atoms with Crippen LogP contribution in [0.4, 0.5) is 11.4 Å². The molecular weight excluding hydrogens is 485 g/mol. The highest BCUT2D eigenvalue weighted by atomic mass is 127. The number of hydrogen-bond acceptors (Lipinski definition) is 1. The van der Waals surface area contributed by atoms with Crippen molar-refractivity contribution in [2.75, 3.05) is 4.90 Å². The summed E-state index contributed by atoms with van der Waals surface area (Å²) in [4.78, 5) is 2.64.